The molecule has 0 fully saturated rings. The molecule has 3 aromatic rings. The Bertz CT molecular complexity index is 706. The van der Waals surface area contributed by atoms with Crippen LogP contribution in [0.1, 0.15) is 11.6 Å². The summed E-state index contributed by atoms with van der Waals surface area (Å²) in [6.07, 6.45) is 3.16. The van der Waals surface area contributed by atoms with Gasteiger partial charge in [-0.15, -0.1) is 0 Å². The standard InChI is InChI=1S/C15H18N6/c1-21(2)8-12(11-6-4-3-5-7-11)20-15-13-14(17-9-16-13)18-10-19-15/h3-7,9-10,12H,8H2,1-2H3,(H2,16,17,18,19,20). The number of fused-ring (bicyclic) bond motifs is 1. The summed E-state index contributed by atoms with van der Waals surface area (Å²) in [7, 11) is 4.12. The summed E-state index contributed by atoms with van der Waals surface area (Å²) in [5.41, 5.74) is 2.72. The van der Waals surface area contributed by atoms with Crippen LogP contribution in [0, 0.1) is 0 Å². The molecule has 6 nitrogen and oxygen atoms in total. The van der Waals surface area contributed by atoms with Crippen molar-refractivity contribution in [2.75, 3.05) is 26.0 Å². The van der Waals surface area contributed by atoms with Gasteiger partial charge in [0.05, 0.1) is 12.4 Å². The molecule has 21 heavy (non-hydrogen) atoms. The molecular formula is C15H18N6. The molecule has 0 saturated carbocycles. The van der Waals surface area contributed by atoms with Crippen LogP contribution in [0.3, 0.4) is 0 Å². The van der Waals surface area contributed by atoms with E-state index in [4.69, 9.17) is 0 Å². The molecule has 1 unspecified atom stereocenters. The van der Waals surface area contributed by atoms with Gasteiger partial charge in [-0.3, -0.25) is 0 Å². The molecule has 108 valence electrons. The molecule has 0 aliphatic rings. The summed E-state index contributed by atoms with van der Waals surface area (Å²) >= 11 is 0. The summed E-state index contributed by atoms with van der Waals surface area (Å²) in [6, 6.07) is 10.5. The largest absolute Gasteiger partial charge is 0.360 e. The summed E-state index contributed by atoms with van der Waals surface area (Å²) in [5, 5.41) is 3.49. The SMILES string of the molecule is CN(C)CC(Nc1ncnc2nc[nH]c12)c1ccccc1. The first-order valence-electron chi connectivity index (χ1n) is 6.84. The fourth-order valence-corrected chi connectivity index (χ4v) is 2.32. The second-order valence-electron chi connectivity index (χ2n) is 5.19. The number of hydrogen-bond donors (Lipinski definition) is 2. The van der Waals surface area contributed by atoms with Crippen molar-refractivity contribution < 1.29 is 0 Å². The topological polar surface area (TPSA) is 69.7 Å². The van der Waals surface area contributed by atoms with Crippen molar-refractivity contribution in [2.24, 2.45) is 0 Å². The summed E-state index contributed by atoms with van der Waals surface area (Å²) in [6.45, 7) is 0.865. The van der Waals surface area contributed by atoms with Gasteiger partial charge in [-0.1, -0.05) is 30.3 Å². The van der Waals surface area contributed by atoms with E-state index in [2.05, 4.69) is 56.4 Å². The minimum absolute atomic E-state index is 0.141. The predicted octanol–water partition coefficient (Wildman–Crippen LogP) is 2.07. The number of aromatic amines is 1. The van der Waals surface area contributed by atoms with Gasteiger partial charge >= 0.3 is 0 Å². The first-order valence-corrected chi connectivity index (χ1v) is 6.84. The smallest absolute Gasteiger partial charge is 0.182 e. The van der Waals surface area contributed by atoms with Gasteiger partial charge < -0.3 is 15.2 Å². The van der Waals surface area contributed by atoms with Gasteiger partial charge in [-0.2, -0.15) is 0 Å². The van der Waals surface area contributed by atoms with Gasteiger partial charge in [0, 0.05) is 6.54 Å². The Morgan fingerprint density at radius 1 is 1.14 bits per heavy atom. The summed E-state index contributed by atoms with van der Waals surface area (Å²) in [5.74, 6) is 0.771. The highest BCUT2D eigenvalue weighted by Crippen LogP contribution is 2.22. The number of rotatable bonds is 5. The lowest BCUT2D eigenvalue weighted by atomic mass is 10.1. The molecule has 3 rings (SSSR count). The number of imidazole rings is 1. The minimum Gasteiger partial charge on any atom is -0.360 e. The zero-order valence-electron chi connectivity index (χ0n) is 12.1. The van der Waals surface area contributed by atoms with Crippen LogP contribution >= 0.6 is 0 Å². The maximum Gasteiger partial charge on any atom is 0.182 e. The lowest BCUT2D eigenvalue weighted by Gasteiger charge is -2.23. The average molecular weight is 282 g/mol. The van der Waals surface area contributed by atoms with Crippen molar-refractivity contribution in [3.63, 3.8) is 0 Å². The molecule has 6 heteroatoms. The van der Waals surface area contributed by atoms with Crippen LogP contribution < -0.4 is 5.32 Å². The van der Waals surface area contributed by atoms with Crippen LogP contribution in [0.4, 0.5) is 5.82 Å². The van der Waals surface area contributed by atoms with Crippen LogP contribution in [-0.4, -0.2) is 45.5 Å². The molecule has 2 N–H and O–H groups in total. The van der Waals surface area contributed by atoms with Crippen LogP contribution in [0.5, 0.6) is 0 Å². The average Bonchev–Trinajstić information content (AvgIpc) is 2.96. The maximum atomic E-state index is 4.34. The van der Waals surface area contributed by atoms with E-state index >= 15 is 0 Å². The predicted molar refractivity (Wildman–Crippen MR) is 83.0 cm³/mol. The number of nitrogens with zero attached hydrogens (tertiary/aromatic N) is 4. The molecule has 0 saturated heterocycles. The van der Waals surface area contributed by atoms with Crippen molar-refractivity contribution in [1.82, 2.24) is 24.8 Å². The van der Waals surface area contributed by atoms with Crippen molar-refractivity contribution in [3.8, 4) is 0 Å². The number of likely N-dealkylation sites (N-methyl/N-ethyl adjacent to an activating group) is 1. The van der Waals surface area contributed by atoms with Crippen LogP contribution in [0.2, 0.25) is 0 Å². The Morgan fingerprint density at radius 2 is 1.95 bits per heavy atom. The molecular weight excluding hydrogens is 264 g/mol. The fourth-order valence-electron chi connectivity index (χ4n) is 2.32. The summed E-state index contributed by atoms with van der Waals surface area (Å²) < 4.78 is 0. The van der Waals surface area contributed by atoms with Gasteiger partial charge in [0.2, 0.25) is 0 Å². The molecule has 0 bridgehead atoms. The minimum atomic E-state index is 0.141. The second kappa shape index (κ2) is 5.88. The van der Waals surface area contributed by atoms with Crippen LogP contribution in [0.15, 0.2) is 43.0 Å². The van der Waals surface area contributed by atoms with Gasteiger partial charge in [-0.05, 0) is 19.7 Å². The molecule has 0 radical (unpaired) electrons. The molecule has 1 atom stereocenters. The lowest BCUT2D eigenvalue weighted by molar-refractivity contribution is 0.386. The normalized spacial score (nSPS) is 12.7. The quantitative estimate of drug-likeness (QED) is 0.749. The lowest BCUT2D eigenvalue weighted by Crippen LogP contribution is -2.26. The van der Waals surface area contributed by atoms with E-state index in [9.17, 15) is 0 Å². The Morgan fingerprint density at radius 3 is 2.71 bits per heavy atom. The van der Waals surface area contributed by atoms with Crippen molar-refractivity contribution in [2.45, 2.75) is 6.04 Å². The number of benzene rings is 1. The third-order valence-corrected chi connectivity index (χ3v) is 3.28. The zero-order valence-corrected chi connectivity index (χ0v) is 12.1. The molecule has 2 aromatic heterocycles. The Hall–Kier alpha value is -2.47. The highest BCUT2D eigenvalue weighted by molar-refractivity contribution is 5.82. The fraction of sp³-hybridized carbons (Fsp3) is 0.267. The Balaban J connectivity index is 1.93. The van der Waals surface area contributed by atoms with Gasteiger partial charge in [0.25, 0.3) is 0 Å². The highest BCUT2D eigenvalue weighted by Gasteiger charge is 2.15. The van der Waals surface area contributed by atoms with Crippen molar-refractivity contribution in [1.29, 1.82) is 0 Å². The van der Waals surface area contributed by atoms with E-state index in [-0.39, 0.29) is 6.04 Å². The van der Waals surface area contributed by atoms with Gasteiger partial charge in [0.15, 0.2) is 11.5 Å². The van der Waals surface area contributed by atoms with E-state index in [1.807, 2.05) is 18.2 Å². The molecule has 1 aromatic carbocycles. The Kier molecular flexibility index (Phi) is 3.79. The highest BCUT2D eigenvalue weighted by atomic mass is 15.1. The van der Waals surface area contributed by atoms with E-state index in [1.165, 1.54) is 11.9 Å². The maximum absolute atomic E-state index is 4.34. The molecule has 0 spiro atoms. The zero-order chi connectivity index (χ0) is 14.7. The first kappa shape index (κ1) is 13.5. The van der Waals surface area contributed by atoms with Crippen LogP contribution in [0.25, 0.3) is 11.2 Å². The third-order valence-electron chi connectivity index (χ3n) is 3.28. The second-order valence-corrected chi connectivity index (χ2v) is 5.19. The molecule has 0 aliphatic heterocycles. The third kappa shape index (κ3) is 3.00. The van der Waals surface area contributed by atoms with E-state index in [1.54, 1.807) is 6.33 Å². The number of anilines is 1. The molecule has 2 heterocycles. The molecule has 0 aliphatic carbocycles. The van der Waals surface area contributed by atoms with E-state index in [0.717, 1.165) is 17.9 Å². The van der Waals surface area contributed by atoms with Gasteiger partial charge in [0.1, 0.15) is 11.8 Å². The first-order chi connectivity index (χ1) is 10.2. The number of aromatic nitrogens is 4. The van der Waals surface area contributed by atoms with Gasteiger partial charge in [-0.25, -0.2) is 15.0 Å². The Labute approximate surface area is 123 Å². The summed E-state index contributed by atoms with van der Waals surface area (Å²) in [4.78, 5) is 17.9. The number of H-pyrrole nitrogens is 1. The number of nitrogens with one attached hydrogen (secondary N) is 2. The monoisotopic (exact) mass is 282 g/mol. The molecule has 0 amide bonds. The van der Waals surface area contributed by atoms with E-state index < -0.39 is 0 Å². The van der Waals surface area contributed by atoms with Crippen LogP contribution in [-0.2, 0) is 0 Å². The van der Waals surface area contributed by atoms with Crippen molar-refractivity contribution >= 4 is 17.0 Å². The van der Waals surface area contributed by atoms with E-state index in [0.29, 0.717) is 5.65 Å². The van der Waals surface area contributed by atoms with Crippen molar-refractivity contribution in [3.05, 3.63) is 48.5 Å². The number of hydrogen-bond acceptors (Lipinski definition) is 5.